The number of hydrogen-bond donors (Lipinski definition) is 0. The van der Waals surface area contributed by atoms with E-state index >= 15 is 0 Å². The minimum atomic E-state index is -3.05. The number of tetrazole rings is 1. The monoisotopic (exact) mass is 403 g/mol. The van der Waals surface area contributed by atoms with Crippen molar-refractivity contribution in [3.8, 4) is 0 Å². The molecule has 0 aromatic carbocycles. The number of hydrogen-bond acceptors (Lipinski definition) is 8. The highest BCUT2D eigenvalue weighted by molar-refractivity contribution is 7.99. The third kappa shape index (κ3) is 4.74. The molecule has 1 unspecified atom stereocenters. The predicted molar refractivity (Wildman–Crippen MR) is 96.7 cm³/mol. The highest BCUT2D eigenvalue weighted by Crippen LogP contribution is 2.31. The summed E-state index contributed by atoms with van der Waals surface area (Å²) >= 11 is 1.31. The van der Waals surface area contributed by atoms with Crippen molar-refractivity contribution < 1.29 is 17.9 Å². The molecule has 9 nitrogen and oxygen atoms in total. The van der Waals surface area contributed by atoms with Gasteiger partial charge in [-0.05, 0) is 29.7 Å². The average Bonchev–Trinajstić information content (AvgIpc) is 3.33. The second-order valence-electron chi connectivity index (χ2n) is 6.77. The van der Waals surface area contributed by atoms with E-state index in [0.717, 1.165) is 12.8 Å². The lowest BCUT2D eigenvalue weighted by Gasteiger charge is -2.28. The molecule has 0 spiro atoms. The first-order valence-electron chi connectivity index (χ1n) is 8.89. The largest absolute Gasteiger partial charge is 0.383 e. The number of methoxy groups -OCH3 is 1. The highest BCUT2D eigenvalue weighted by atomic mass is 32.2. The second-order valence-corrected chi connectivity index (χ2v) is 9.94. The van der Waals surface area contributed by atoms with Gasteiger partial charge in [0.05, 0.1) is 29.9 Å². The number of sulfone groups is 1. The Kier molecular flexibility index (Phi) is 6.51. The molecule has 0 radical (unpaired) electrons. The molecule has 2 aliphatic rings. The summed E-state index contributed by atoms with van der Waals surface area (Å²) in [4.78, 5) is 14.4. The van der Waals surface area contributed by atoms with E-state index in [1.807, 2.05) is 4.68 Å². The van der Waals surface area contributed by atoms with Gasteiger partial charge in [0.25, 0.3) is 0 Å². The molecule has 1 saturated carbocycles. The molecule has 1 saturated heterocycles. The van der Waals surface area contributed by atoms with Gasteiger partial charge < -0.3 is 9.64 Å². The molecule has 1 aromatic rings. The number of thioether (sulfide) groups is 1. The lowest BCUT2D eigenvalue weighted by atomic mass is 10.2. The lowest BCUT2D eigenvalue weighted by Crippen LogP contribution is -2.44. The first-order valence-corrected chi connectivity index (χ1v) is 11.7. The molecule has 1 atom stereocenters. The fourth-order valence-electron chi connectivity index (χ4n) is 3.59. The van der Waals surface area contributed by atoms with E-state index in [1.54, 1.807) is 12.0 Å². The Morgan fingerprint density at radius 1 is 1.35 bits per heavy atom. The number of carbonyl (C=O) groups is 1. The van der Waals surface area contributed by atoms with Gasteiger partial charge in [-0.1, -0.05) is 24.6 Å². The normalized spacial score (nSPS) is 22.7. The summed E-state index contributed by atoms with van der Waals surface area (Å²) in [5.74, 6) is 0.261. The zero-order chi connectivity index (χ0) is 18.6. The summed E-state index contributed by atoms with van der Waals surface area (Å²) in [6, 6.07) is 0.0428. The van der Waals surface area contributed by atoms with Crippen LogP contribution in [0.3, 0.4) is 0 Å². The third-order valence-electron chi connectivity index (χ3n) is 4.96. The molecule has 11 heteroatoms. The van der Waals surface area contributed by atoms with Gasteiger partial charge in [-0.3, -0.25) is 4.79 Å². The van der Waals surface area contributed by atoms with E-state index in [2.05, 4.69) is 15.5 Å². The Morgan fingerprint density at radius 2 is 2.12 bits per heavy atom. The van der Waals surface area contributed by atoms with E-state index in [0.29, 0.717) is 30.8 Å². The zero-order valence-electron chi connectivity index (χ0n) is 14.9. The molecule has 1 aromatic heterocycles. The Labute approximate surface area is 157 Å². The van der Waals surface area contributed by atoms with Gasteiger partial charge in [-0.25, -0.2) is 13.1 Å². The maximum Gasteiger partial charge on any atom is 0.233 e. The first kappa shape index (κ1) is 19.6. The summed E-state index contributed by atoms with van der Waals surface area (Å²) in [7, 11) is -1.48. The number of rotatable bonds is 8. The molecule has 0 bridgehead atoms. The van der Waals surface area contributed by atoms with Crippen LogP contribution in [0.25, 0.3) is 0 Å². The van der Waals surface area contributed by atoms with Crippen LogP contribution in [0.5, 0.6) is 0 Å². The van der Waals surface area contributed by atoms with E-state index in [9.17, 15) is 13.2 Å². The van der Waals surface area contributed by atoms with Crippen LogP contribution in [0.1, 0.15) is 38.1 Å². The second kappa shape index (κ2) is 8.66. The van der Waals surface area contributed by atoms with Crippen LogP contribution in [0.2, 0.25) is 0 Å². The van der Waals surface area contributed by atoms with E-state index in [4.69, 9.17) is 4.74 Å². The summed E-state index contributed by atoms with van der Waals surface area (Å²) in [5.41, 5.74) is 0. The molecular weight excluding hydrogens is 378 g/mol. The van der Waals surface area contributed by atoms with Crippen LogP contribution < -0.4 is 0 Å². The van der Waals surface area contributed by atoms with Gasteiger partial charge >= 0.3 is 0 Å². The lowest BCUT2D eigenvalue weighted by molar-refractivity contribution is -0.130. The standard InChI is InChI=1S/C15H25N5O4S2/c1-24-8-7-19(13-6-9-26(22,23)11-13)14(21)10-25-15-16-17-18-20(15)12-4-2-3-5-12/h12-13H,2-11H2,1H3. The summed E-state index contributed by atoms with van der Waals surface area (Å²) < 4.78 is 30.5. The molecule has 26 heavy (non-hydrogen) atoms. The topological polar surface area (TPSA) is 107 Å². The van der Waals surface area contributed by atoms with Crippen molar-refractivity contribution in [2.75, 3.05) is 37.5 Å². The molecule has 1 amide bonds. The quantitative estimate of drug-likeness (QED) is 0.579. The maximum atomic E-state index is 12.8. The molecule has 0 N–H and O–H groups in total. The molecule has 2 heterocycles. The number of carbonyl (C=O) groups excluding carboxylic acids is 1. The van der Waals surface area contributed by atoms with Gasteiger partial charge in [-0.2, -0.15) is 0 Å². The van der Waals surface area contributed by atoms with Crippen molar-refractivity contribution in [1.29, 1.82) is 0 Å². The summed E-state index contributed by atoms with van der Waals surface area (Å²) in [6.45, 7) is 0.774. The molecule has 1 aliphatic heterocycles. The van der Waals surface area contributed by atoms with Gasteiger partial charge in [0.2, 0.25) is 11.1 Å². The van der Waals surface area contributed by atoms with Crippen molar-refractivity contribution in [3.63, 3.8) is 0 Å². The zero-order valence-corrected chi connectivity index (χ0v) is 16.5. The number of ether oxygens (including phenoxy) is 1. The van der Waals surface area contributed by atoms with Crippen molar-refractivity contribution >= 4 is 27.5 Å². The van der Waals surface area contributed by atoms with Gasteiger partial charge in [0, 0.05) is 19.7 Å². The van der Waals surface area contributed by atoms with Gasteiger partial charge in [0.15, 0.2) is 9.84 Å². The van der Waals surface area contributed by atoms with Crippen molar-refractivity contribution in [2.24, 2.45) is 0 Å². The minimum Gasteiger partial charge on any atom is -0.383 e. The van der Waals surface area contributed by atoms with E-state index in [1.165, 1.54) is 24.6 Å². The van der Waals surface area contributed by atoms with Crippen molar-refractivity contribution in [1.82, 2.24) is 25.1 Å². The smallest absolute Gasteiger partial charge is 0.233 e. The summed E-state index contributed by atoms with van der Waals surface area (Å²) in [5, 5.41) is 12.5. The highest BCUT2D eigenvalue weighted by Gasteiger charge is 2.34. The SMILES string of the molecule is COCCN(C(=O)CSc1nnnn1C1CCCC1)C1CCS(=O)(=O)C1. The molecule has 1 aliphatic carbocycles. The van der Waals surface area contributed by atoms with Crippen LogP contribution in [0.4, 0.5) is 0 Å². The molecular formula is C15H25N5O4S2. The van der Waals surface area contributed by atoms with Crippen LogP contribution in [-0.2, 0) is 19.4 Å². The molecule has 146 valence electrons. The number of aromatic nitrogens is 4. The fraction of sp³-hybridized carbons (Fsp3) is 0.867. The average molecular weight is 404 g/mol. The predicted octanol–water partition coefficient (Wildman–Crippen LogP) is 0.542. The number of amides is 1. The summed E-state index contributed by atoms with van der Waals surface area (Å²) in [6.07, 6.45) is 4.96. The Hall–Kier alpha value is -1.20. The van der Waals surface area contributed by atoms with Crippen molar-refractivity contribution in [2.45, 2.75) is 49.3 Å². The molecule has 3 rings (SSSR count). The number of nitrogens with zero attached hydrogens (tertiary/aromatic N) is 5. The van der Waals surface area contributed by atoms with Crippen molar-refractivity contribution in [3.05, 3.63) is 0 Å². The molecule has 2 fully saturated rings. The maximum absolute atomic E-state index is 12.8. The van der Waals surface area contributed by atoms with Crippen LogP contribution in [0, 0.1) is 0 Å². The Morgan fingerprint density at radius 3 is 2.77 bits per heavy atom. The van der Waals surface area contributed by atoms with Crippen LogP contribution >= 0.6 is 11.8 Å². The minimum absolute atomic E-state index is 0.0347. The Bertz CT molecular complexity index is 717. The van der Waals surface area contributed by atoms with Gasteiger partial charge in [0.1, 0.15) is 0 Å². The van der Waals surface area contributed by atoms with E-state index < -0.39 is 9.84 Å². The Balaban J connectivity index is 1.62. The van der Waals surface area contributed by atoms with Crippen LogP contribution in [0.15, 0.2) is 5.16 Å². The van der Waals surface area contributed by atoms with E-state index in [-0.39, 0.29) is 29.2 Å². The van der Waals surface area contributed by atoms with Gasteiger partial charge in [-0.15, -0.1) is 5.10 Å². The van der Waals surface area contributed by atoms with Crippen LogP contribution in [-0.4, -0.2) is 83.0 Å². The third-order valence-corrected chi connectivity index (χ3v) is 7.63. The fourth-order valence-corrected chi connectivity index (χ4v) is 6.15. The first-order chi connectivity index (χ1) is 12.5.